The average Bonchev–Trinajstić information content (AvgIpc) is 1.98. The maximum absolute atomic E-state index is 12.2. The van der Waals surface area contributed by atoms with Gasteiger partial charge in [-0.1, -0.05) is 12.7 Å². The fraction of sp³-hybridized carbons (Fsp3) is 0.714. The van der Waals surface area contributed by atoms with Crippen molar-refractivity contribution in [3.8, 4) is 0 Å². The summed E-state index contributed by atoms with van der Waals surface area (Å²) in [6.07, 6.45) is -3.76. The Morgan fingerprint density at radius 1 is 1.42 bits per heavy atom. The van der Waals surface area contributed by atoms with E-state index in [2.05, 4.69) is 16.1 Å². The van der Waals surface area contributed by atoms with E-state index in [1.165, 1.54) is 7.11 Å². The van der Waals surface area contributed by atoms with Crippen molar-refractivity contribution < 1.29 is 22.6 Å². The quantitative estimate of drug-likeness (QED) is 0.492. The van der Waals surface area contributed by atoms with Crippen LogP contribution >= 0.6 is 0 Å². The van der Waals surface area contributed by atoms with Gasteiger partial charge in [0.25, 0.3) is 0 Å². The third-order valence-electron chi connectivity index (χ3n) is 1.43. The Kier molecular flexibility index (Phi) is 3.73. The van der Waals surface area contributed by atoms with E-state index in [-0.39, 0.29) is 0 Å². The number of methoxy groups -OCH3 is 1. The van der Waals surface area contributed by atoms with Crippen molar-refractivity contribution in [1.82, 2.24) is 0 Å². The molecule has 0 amide bonds. The lowest BCUT2D eigenvalue weighted by atomic mass is 10.1. The van der Waals surface area contributed by atoms with Crippen LogP contribution in [0.5, 0.6) is 0 Å². The number of hydrogen-bond acceptors (Lipinski definition) is 2. The highest BCUT2D eigenvalue weighted by Crippen LogP contribution is 2.33. The zero-order chi connectivity index (χ0) is 9.83. The summed E-state index contributed by atoms with van der Waals surface area (Å²) in [4.78, 5) is 0. The average molecular weight is 184 g/mol. The van der Waals surface area contributed by atoms with Crippen molar-refractivity contribution in [2.75, 3.05) is 13.9 Å². The molecule has 12 heavy (non-hydrogen) atoms. The predicted octanol–water partition coefficient (Wildman–Crippen LogP) is 2.11. The molecule has 0 aliphatic rings. The van der Waals surface area contributed by atoms with Gasteiger partial charge in [-0.05, 0) is 6.92 Å². The molecule has 72 valence electrons. The van der Waals surface area contributed by atoms with E-state index in [0.717, 1.165) is 6.92 Å². The first kappa shape index (κ1) is 11.4. The van der Waals surface area contributed by atoms with Gasteiger partial charge in [-0.2, -0.15) is 13.2 Å². The summed E-state index contributed by atoms with van der Waals surface area (Å²) in [7, 11) is 1.25. The summed E-state index contributed by atoms with van der Waals surface area (Å²) in [5, 5.41) is 0. The molecule has 0 aromatic heterocycles. The molecule has 0 fully saturated rings. The van der Waals surface area contributed by atoms with Crippen molar-refractivity contribution in [2.45, 2.75) is 18.7 Å². The largest absolute Gasteiger partial charge is 0.420 e. The van der Waals surface area contributed by atoms with Gasteiger partial charge in [0, 0.05) is 7.11 Å². The smallest absolute Gasteiger partial charge is 0.359 e. The first-order chi connectivity index (χ1) is 5.37. The highest BCUT2D eigenvalue weighted by Gasteiger charge is 2.50. The Balaban J connectivity index is 4.35. The van der Waals surface area contributed by atoms with Gasteiger partial charge in [0.05, 0.1) is 0 Å². The zero-order valence-corrected chi connectivity index (χ0v) is 6.94. The Morgan fingerprint density at radius 2 is 1.92 bits per heavy atom. The third kappa shape index (κ3) is 2.49. The molecule has 2 nitrogen and oxygen atoms in total. The molecule has 1 unspecified atom stereocenters. The predicted molar refractivity (Wildman–Crippen MR) is 37.6 cm³/mol. The zero-order valence-electron chi connectivity index (χ0n) is 6.94. The molecule has 0 radical (unpaired) electrons. The van der Waals surface area contributed by atoms with Crippen molar-refractivity contribution in [2.24, 2.45) is 0 Å². The molecule has 0 rings (SSSR count). The first-order valence-electron chi connectivity index (χ1n) is 3.20. The van der Waals surface area contributed by atoms with Gasteiger partial charge in [-0.3, -0.25) is 0 Å². The maximum Gasteiger partial charge on any atom is 0.420 e. The lowest BCUT2D eigenvalue weighted by Gasteiger charge is -2.28. The molecule has 0 saturated heterocycles. The Bertz CT molecular complexity index is 155. The van der Waals surface area contributed by atoms with Crippen LogP contribution in [0.3, 0.4) is 0 Å². The summed E-state index contributed by atoms with van der Waals surface area (Å²) in [5.41, 5.74) is -2.33. The molecule has 0 N–H and O–H groups in total. The van der Waals surface area contributed by atoms with E-state index in [1.54, 1.807) is 0 Å². The number of rotatable bonds is 4. The molecule has 0 saturated carbocycles. The Hall–Kier alpha value is -0.550. The van der Waals surface area contributed by atoms with Gasteiger partial charge in [0.2, 0.25) is 0 Å². The molecule has 0 heterocycles. The fourth-order valence-corrected chi connectivity index (χ4v) is 0.438. The second-order valence-electron chi connectivity index (χ2n) is 2.36. The molecular weight excluding hydrogens is 173 g/mol. The van der Waals surface area contributed by atoms with E-state index in [4.69, 9.17) is 0 Å². The monoisotopic (exact) mass is 184 g/mol. The van der Waals surface area contributed by atoms with Crippen molar-refractivity contribution in [3.63, 3.8) is 0 Å². The van der Waals surface area contributed by atoms with E-state index < -0.39 is 18.6 Å². The van der Waals surface area contributed by atoms with Crippen molar-refractivity contribution >= 4 is 0 Å². The van der Waals surface area contributed by atoms with E-state index in [9.17, 15) is 13.2 Å². The van der Waals surface area contributed by atoms with Gasteiger partial charge < -0.3 is 9.47 Å². The van der Waals surface area contributed by atoms with Crippen LogP contribution in [0.1, 0.15) is 6.92 Å². The molecule has 0 aromatic rings. The van der Waals surface area contributed by atoms with Crippen LogP contribution in [0, 0.1) is 0 Å². The van der Waals surface area contributed by atoms with Crippen molar-refractivity contribution in [1.29, 1.82) is 0 Å². The third-order valence-corrected chi connectivity index (χ3v) is 1.43. The van der Waals surface area contributed by atoms with Gasteiger partial charge in [0.15, 0.2) is 5.60 Å². The SMILES string of the molecule is C=CC(C)(OCOC)C(F)(F)F. The first-order valence-corrected chi connectivity index (χ1v) is 3.20. The molecule has 0 spiro atoms. The normalized spacial score (nSPS) is 17.1. The molecule has 1 atom stereocenters. The van der Waals surface area contributed by atoms with Crippen LogP contribution in [0.2, 0.25) is 0 Å². The summed E-state index contributed by atoms with van der Waals surface area (Å²) < 4.78 is 45.3. The van der Waals surface area contributed by atoms with E-state index >= 15 is 0 Å². The lowest BCUT2D eigenvalue weighted by molar-refractivity contribution is -0.269. The summed E-state index contributed by atoms with van der Waals surface area (Å²) >= 11 is 0. The highest BCUT2D eigenvalue weighted by atomic mass is 19.4. The van der Waals surface area contributed by atoms with Crippen molar-refractivity contribution in [3.05, 3.63) is 12.7 Å². The fourth-order valence-electron chi connectivity index (χ4n) is 0.438. The van der Waals surface area contributed by atoms with Crippen LogP contribution in [0.4, 0.5) is 13.2 Å². The lowest BCUT2D eigenvalue weighted by Crippen LogP contribution is -2.43. The minimum absolute atomic E-state index is 0.415. The van der Waals surface area contributed by atoms with Crippen LogP contribution in [-0.4, -0.2) is 25.7 Å². The summed E-state index contributed by atoms with van der Waals surface area (Å²) in [6.45, 7) is 3.52. The molecule has 5 heteroatoms. The number of alkyl halides is 3. The minimum Gasteiger partial charge on any atom is -0.359 e. The maximum atomic E-state index is 12.2. The molecular formula is C7H11F3O2. The van der Waals surface area contributed by atoms with Crippen LogP contribution in [0.25, 0.3) is 0 Å². The van der Waals surface area contributed by atoms with Gasteiger partial charge in [-0.25, -0.2) is 0 Å². The highest BCUT2D eigenvalue weighted by molar-refractivity contribution is 4.99. The van der Waals surface area contributed by atoms with Crippen LogP contribution in [0.15, 0.2) is 12.7 Å². The Morgan fingerprint density at radius 3 is 2.17 bits per heavy atom. The van der Waals surface area contributed by atoms with Gasteiger partial charge >= 0.3 is 6.18 Å². The molecule has 0 aromatic carbocycles. The van der Waals surface area contributed by atoms with E-state index in [1.807, 2.05) is 0 Å². The number of hydrogen-bond donors (Lipinski definition) is 0. The summed E-state index contributed by atoms with van der Waals surface area (Å²) in [6, 6.07) is 0. The number of halogens is 3. The Labute approximate surface area is 69.0 Å². The van der Waals surface area contributed by atoms with Gasteiger partial charge in [-0.15, -0.1) is 0 Å². The standard InChI is InChI=1S/C7H11F3O2/c1-4-6(2,7(8,9)10)12-5-11-3/h4H,1,5H2,2-3H3. The molecule has 0 bridgehead atoms. The van der Waals surface area contributed by atoms with Crippen LogP contribution in [-0.2, 0) is 9.47 Å². The second kappa shape index (κ2) is 3.91. The summed E-state index contributed by atoms with van der Waals surface area (Å²) in [5.74, 6) is 0. The van der Waals surface area contributed by atoms with Crippen LogP contribution < -0.4 is 0 Å². The van der Waals surface area contributed by atoms with E-state index in [0.29, 0.717) is 6.08 Å². The molecule has 0 aliphatic carbocycles. The van der Waals surface area contributed by atoms with Gasteiger partial charge in [0.1, 0.15) is 6.79 Å². The molecule has 0 aliphatic heterocycles. The number of ether oxygens (including phenoxy) is 2. The topological polar surface area (TPSA) is 18.5 Å². The minimum atomic E-state index is -4.46. The second-order valence-corrected chi connectivity index (χ2v) is 2.36.